The maximum Gasteiger partial charge on any atom is 0.410 e. The molecule has 0 spiro atoms. The minimum Gasteiger partial charge on any atom is -0.444 e. The summed E-state index contributed by atoms with van der Waals surface area (Å²) in [6, 6.07) is -1.97. The highest BCUT2D eigenvalue weighted by Gasteiger charge is 2.51. The van der Waals surface area contributed by atoms with Gasteiger partial charge in [0, 0.05) is 6.42 Å². The molecule has 0 aliphatic carbocycles. The number of aliphatic hydroxyl groups is 1. The molecule has 1 aliphatic heterocycles. The number of alkyl halides is 3. The lowest BCUT2D eigenvalue weighted by atomic mass is 10.2. The quantitative estimate of drug-likeness (QED) is 0.719. The minimum atomic E-state index is -4.55. The molecular weight excluding hydrogens is 239 g/mol. The molecule has 1 amide bonds. The van der Waals surface area contributed by atoms with Crippen molar-refractivity contribution < 1.29 is 27.8 Å². The van der Waals surface area contributed by atoms with E-state index in [-0.39, 0.29) is 6.54 Å². The fourth-order valence-corrected chi connectivity index (χ4v) is 1.65. The van der Waals surface area contributed by atoms with E-state index in [0.29, 0.717) is 4.90 Å². The number of hydrogen-bond donors (Lipinski definition) is 1. The van der Waals surface area contributed by atoms with Gasteiger partial charge in [0.1, 0.15) is 11.6 Å². The molecule has 4 nitrogen and oxygen atoms in total. The van der Waals surface area contributed by atoms with E-state index in [4.69, 9.17) is 4.74 Å². The third-order valence-electron chi connectivity index (χ3n) is 2.28. The van der Waals surface area contributed by atoms with Crippen LogP contribution in [0.5, 0.6) is 0 Å². The first-order valence-corrected chi connectivity index (χ1v) is 5.25. The number of hydrogen-bond acceptors (Lipinski definition) is 3. The third-order valence-corrected chi connectivity index (χ3v) is 2.28. The smallest absolute Gasteiger partial charge is 0.410 e. The van der Waals surface area contributed by atoms with E-state index in [1.54, 1.807) is 20.8 Å². The van der Waals surface area contributed by atoms with Gasteiger partial charge in [0.2, 0.25) is 0 Å². The van der Waals surface area contributed by atoms with Gasteiger partial charge in [-0.2, -0.15) is 13.2 Å². The molecule has 100 valence electrons. The number of aliphatic hydroxyl groups excluding tert-OH is 1. The zero-order chi connectivity index (χ0) is 13.4. The van der Waals surface area contributed by atoms with Crippen LogP contribution in [0.1, 0.15) is 27.2 Å². The molecule has 0 aromatic heterocycles. The molecule has 0 radical (unpaired) electrons. The van der Waals surface area contributed by atoms with Gasteiger partial charge in [-0.05, 0) is 20.8 Å². The summed E-state index contributed by atoms with van der Waals surface area (Å²) in [5, 5.41) is 9.23. The molecule has 0 unspecified atom stereocenters. The van der Waals surface area contributed by atoms with Crippen LogP contribution < -0.4 is 0 Å². The number of carbonyl (C=O) groups is 1. The summed E-state index contributed by atoms with van der Waals surface area (Å²) in [6.45, 7) is 4.36. The van der Waals surface area contributed by atoms with E-state index in [9.17, 15) is 23.1 Å². The molecule has 0 bridgehead atoms. The Bertz CT molecular complexity index is 298. The summed E-state index contributed by atoms with van der Waals surface area (Å²) < 4.78 is 42.7. The highest BCUT2D eigenvalue weighted by molar-refractivity contribution is 5.69. The van der Waals surface area contributed by atoms with Crippen molar-refractivity contribution in [2.75, 3.05) is 6.54 Å². The molecule has 2 atom stereocenters. The number of nitrogens with zero attached hydrogens (tertiary/aromatic N) is 1. The van der Waals surface area contributed by atoms with Crippen molar-refractivity contribution in [2.45, 2.75) is 51.1 Å². The maximum absolute atomic E-state index is 12.6. The van der Waals surface area contributed by atoms with Crippen LogP contribution in [0.25, 0.3) is 0 Å². The molecule has 1 aliphatic rings. The number of rotatable bonds is 0. The van der Waals surface area contributed by atoms with Gasteiger partial charge in [-0.25, -0.2) is 4.79 Å². The summed E-state index contributed by atoms with van der Waals surface area (Å²) in [5.74, 6) is 0. The van der Waals surface area contributed by atoms with E-state index in [1.807, 2.05) is 0 Å². The van der Waals surface area contributed by atoms with Gasteiger partial charge in [-0.1, -0.05) is 0 Å². The van der Waals surface area contributed by atoms with E-state index in [2.05, 4.69) is 0 Å². The average molecular weight is 255 g/mol. The Morgan fingerprint density at radius 1 is 1.35 bits per heavy atom. The maximum atomic E-state index is 12.6. The summed E-state index contributed by atoms with van der Waals surface area (Å²) in [4.78, 5) is 12.1. The molecule has 7 heteroatoms. The lowest BCUT2D eigenvalue weighted by Crippen LogP contribution is -2.46. The lowest BCUT2D eigenvalue weighted by molar-refractivity contribution is -0.173. The molecule has 0 saturated carbocycles. The predicted molar refractivity (Wildman–Crippen MR) is 53.4 cm³/mol. The van der Waals surface area contributed by atoms with Gasteiger partial charge < -0.3 is 9.84 Å². The second-order valence-corrected chi connectivity index (χ2v) is 5.08. The average Bonchev–Trinajstić information content (AvgIpc) is 2.43. The second-order valence-electron chi connectivity index (χ2n) is 5.08. The first kappa shape index (κ1) is 14.1. The Morgan fingerprint density at radius 3 is 2.29 bits per heavy atom. The van der Waals surface area contributed by atoms with Crippen LogP contribution in [0.15, 0.2) is 0 Å². The van der Waals surface area contributed by atoms with Crippen molar-refractivity contribution in [3.63, 3.8) is 0 Å². The van der Waals surface area contributed by atoms with Crippen LogP contribution >= 0.6 is 0 Å². The number of amides is 1. The highest BCUT2D eigenvalue weighted by atomic mass is 19.4. The van der Waals surface area contributed by atoms with Crippen molar-refractivity contribution >= 4 is 6.09 Å². The Morgan fingerprint density at radius 2 is 1.88 bits per heavy atom. The molecule has 1 fully saturated rings. The zero-order valence-electron chi connectivity index (χ0n) is 9.91. The number of ether oxygens (including phenoxy) is 1. The Labute approximate surface area is 97.3 Å². The molecule has 1 N–H and O–H groups in total. The van der Waals surface area contributed by atoms with Gasteiger partial charge in [-0.3, -0.25) is 4.90 Å². The summed E-state index contributed by atoms with van der Waals surface area (Å²) in [5.41, 5.74) is -0.860. The van der Waals surface area contributed by atoms with Crippen molar-refractivity contribution in [1.29, 1.82) is 0 Å². The minimum absolute atomic E-state index is 0.348. The van der Waals surface area contributed by atoms with Crippen molar-refractivity contribution in [1.82, 2.24) is 4.90 Å². The van der Waals surface area contributed by atoms with E-state index in [0.717, 1.165) is 0 Å². The number of likely N-dealkylation sites (tertiary alicyclic amines) is 1. The lowest BCUT2D eigenvalue weighted by Gasteiger charge is -2.29. The van der Waals surface area contributed by atoms with Crippen LogP contribution in [0.4, 0.5) is 18.0 Å². The Hall–Kier alpha value is -0.980. The molecule has 0 aromatic rings. The largest absolute Gasteiger partial charge is 0.444 e. The van der Waals surface area contributed by atoms with E-state index < -0.39 is 36.4 Å². The van der Waals surface area contributed by atoms with Crippen LogP contribution in [-0.2, 0) is 4.74 Å². The first-order valence-electron chi connectivity index (χ1n) is 5.25. The monoisotopic (exact) mass is 255 g/mol. The molecule has 17 heavy (non-hydrogen) atoms. The van der Waals surface area contributed by atoms with Gasteiger partial charge >= 0.3 is 12.3 Å². The van der Waals surface area contributed by atoms with Gasteiger partial charge in [0.15, 0.2) is 0 Å². The third kappa shape index (κ3) is 3.76. The van der Waals surface area contributed by atoms with Gasteiger partial charge in [-0.15, -0.1) is 0 Å². The Kier molecular flexibility index (Phi) is 3.61. The summed E-state index contributed by atoms with van der Waals surface area (Å²) >= 11 is 0. The summed E-state index contributed by atoms with van der Waals surface area (Å²) in [6.07, 6.45) is -7.25. The van der Waals surface area contributed by atoms with Crippen LogP contribution in [0.2, 0.25) is 0 Å². The normalized spacial score (nSPS) is 26.2. The van der Waals surface area contributed by atoms with E-state index in [1.165, 1.54) is 0 Å². The fraction of sp³-hybridized carbons (Fsp3) is 0.900. The fourth-order valence-electron chi connectivity index (χ4n) is 1.65. The summed E-state index contributed by atoms with van der Waals surface area (Å²) in [7, 11) is 0. The van der Waals surface area contributed by atoms with Crippen molar-refractivity contribution in [2.24, 2.45) is 0 Å². The first-order chi connectivity index (χ1) is 7.50. The van der Waals surface area contributed by atoms with Crippen molar-refractivity contribution in [3.05, 3.63) is 0 Å². The molecule has 1 heterocycles. The number of halogens is 3. The van der Waals surface area contributed by atoms with Crippen LogP contribution in [-0.4, -0.2) is 46.6 Å². The van der Waals surface area contributed by atoms with Crippen LogP contribution in [0, 0.1) is 0 Å². The standard InChI is InChI=1S/C10H16F3NO3/c1-9(2,3)17-8(16)14-5-6(15)4-7(14)10(11,12)13/h6-7,15H,4-5H2,1-3H3/t6-,7-/m1/s1. The second kappa shape index (κ2) is 4.36. The van der Waals surface area contributed by atoms with Crippen molar-refractivity contribution in [3.8, 4) is 0 Å². The molecule has 1 rings (SSSR count). The zero-order valence-corrected chi connectivity index (χ0v) is 9.91. The van der Waals surface area contributed by atoms with Crippen LogP contribution in [0.3, 0.4) is 0 Å². The SMILES string of the molecule is CC(C)(C)OC(=O)N1C[C@H](O)C[C@@H]1C(F)(F)F. The molecular formula is C10H16F3NO3. The highest BCUT2D eigenvalue weighted by Crippen LogP contribution is 2.33. The van der Waals surface area contributed by atoms with Gasteiger partial charge in [0.25, 0.3) is 0 Å². The number of carbonyl (C=O) groups excluding carboxylic acids is 1. The predicted octanol–water partition coefficient (Wildman–Crippen LogP) is 1.92. The number of β-amino-alcohol motifs (C(OH)–C–C–N with tert-alkyl or cyclic N) is 1. The van der Waals surface area contributed by atoms with E-state index >= 15 is 0 Å². The molecule has 1 saturated heterocycles. The topological polar surface area (TPSA) is 49.8 Å². The van der Waals surface area contributed by atoms with Gasteiger partial charge in [0.05, 0.1) is 12.6 Å². The Balaban J connectivity index is 2.78. The molecule has 0 aromatic carbocycles.